The third-order valence-electron chi connectivity index (χ3n) is 3.17. The number of rotatable bonds is 7. The summed E-state index contributed by atoms with van der Waals surface area (Å²) in [5.41, 5.74) is 2.41. The number of nitrogens with one attached hydrogen (secondary N) is 1. The summed E-state index contributed by atoms with van der Waals surface area (Å²) in [6.07, 6.45) is 7.92. The van der Waals surface area contributed by atoms with Gasteiger partial charge in [-0.25, -0.2) is 0 Å². The maximum atomic E-state index is 5.38. The van der Waals surface area contributed by atoms with E-state index in [0.29, 0.717) is 0 Å². The highest BCUT2D eigenvalue weighted by Gasteiger charge is 2.05. The molecule has 2 aromatic rings. The number of unbranched alkanes of at least 4 members (excludes halogenated alkanes) is 2. The second kappa shape index (κ2) is 7.56. The molecule has 0 aliphatic carbocycles. The van der Waals surface area contributed by atoms with Crippen molar-refractivity contribution in [2.24, 2.45) is 0 Å². The first-order valence-electron chi connectivity index (χ1n) is 6.65. The molecule has 0 saturated carbocycles. The van der Waals surface area contributed by atoms with Gasteiger partial charge in [0.05, 0.1) is 5.69 Å². The smallest absolute Gasteiger partial charge is 0.177 e. The van der Waals surface area contributed by atoms with Crippen molar-refractivity contribution < 1.29 is 0 Å². The van der Waals surface area contributed by atoms with Gasteiger partial charge in [-0.1, -0.05) is 36.8 Å². The summed E-state index contributed by atoms with van der Waals surface area (Å²) < 4.78 is 3.03. The highest BCUT2D eigenvalue weighted by molar-refractivity contribution is 7.98. The highest BCUT2D eigenvalue weighted by atomic mass is 32.2. The van der Waals surface area contributed by atoms with Crippen LogP contribution >= 0.6 is 24.0 Å². The molecule has 0 bridgehead atoms. The van der Waals surface area contributed by atoms with Gasteiger partial charge in [-0.3, -0.25) is 0 Å². The molecule has 1 heterocycles. The van der Waals surface area contributed by atoms with Gasteiger partial charge in [0.25, 0.3) is 0 Å². The van der Waals surface area contributed by atoms with E-state index in [9.17, 15) is 0 Å². The van der Waals surface area contributed by atoms with E-state index >= 15 is 0 Å². The normalized spacial score (nSPS) is 10.8. The molecule has 0 atom stereocenters. The van der Waals surface area contributed by atoms with E-state index < -0.39 is 0 Å². The molecule has 0 saturated heterocycles. The van der Waals surface area contributed by atoms with Crippen molar-refractivity contribution in [3.05, 3.63) is 41.3 Å². The number of aromatic nitrogens is 2. The van der Waals surface area contributed by atoms with Crippen LogP contribution in [0.1, 0.15) is 19.3 Å². The first-order valence-corrected chi connectivity index (χ1v) is 8.45. The molecular weight excluding hydrogens is 272 g/mol. The standard InChI is InChI=1S/C15H20N2S2/c1-19-11-7-3-6-10-17-14(12-16-15(17)18)13-8-4-2-5-9-13/h2,4-5,8-9,12H,3,6-7,10-11H2,1H3,(H,16,18). The van der Waals surface area contributed by atoms with Crippen molar-refractivity contribution in [3.63, 3.8) is 0 Å². The molecule has 0 unspecified atom stereocenters. The third-order valence-corrected chi connectivity index (χ3v) is 4.20. The summed E-state index contributed by atoms with van der Waals surface area (Å²) in [5.74, 6) is 1.25. The van der Waals surface area contributed by atoms with Crippen LogP contribution < -0.4 is 0 Å². The van der Waals surface area contributed by atoms with Crippen molar-refractivity contribution in [1.29, 1.82) is 0 Å². The first kappa shape index (κ1) is 14.4. The summed E-state index contributed by atoms with van der Waals surface area (Å²) in [7, 11) is 0. The molecule has 1 N–H and O–H groups in total. The molecule has 0 fully saturated rings. The average Bonchev–Trinajstić information content (AvgIpc) is 2.81. The number of nitrogens with zero attached hydrogens (tertiary/aromatic N) is 1. The summed E-state index contributed by atoms with van der Waals surface area (Å²) >= 11 is 7.30. The van der Waals surface area contributed by atoms with Crippen LogP contribution in [0.3, 0.4) is 0 Å². The van der Waals surface area contributed by atoms with Crippen molar-refractivity contribution in [3.8, 4) is 11.3 Å². The predicted molar refractivity (Wildman–Crippen MR) is 87.3 cm³/mol. The Morgan fingerprint density at radius 2 is 1.95 bits per heavy atom. The Morgan fingerprint density at radius 3 is 2.68 bits per heavy atom. The van der Waals surface area contributed by atoms with E-state index in [2.05, 4.69) is 40.1 Å². The maximum Gasteiger partial charge on any atom is 0.177 e. The highest BCUT2D eigenvalue weighted by Crippen LogP contribution is 2.20. The van der Waals surface area contributed by atoms with E-state index in [1.54, 1.807) is 0 Å². The average molecular weight is 292 g/mol. The number of benzene rings is 1. The minimum Gasteiger partial charge on any atom is -0.337 e. The molecule has 2 rings (SSSR count). The van der Waals surface area contributed by atoms with Gasteiger partial charge in [0.2, 0.25) is 0 Å². The van der Waals surface area contributed by atoms with Gasteiger partial charge in [0.15, 0.2) is 4.77 Å². The quantitative estimate of drug-likeness (QED) is 0.587. The number of imidazole rings is 1. The van der Waals surface area contributed by atoms with Gasteiger partial charge in [-0.2, -0.15) is 11.8 Å². The fourth-order valence-electron chi connectivity index (χ4n) is 2.16. The van der Waals surface area contributed by atoms with Crippen LogP contribution in [0.2, 0.25) is 0 Å². The molecule has 0 aliphatic rings. The molecular formula is C15H20N2S2. The Morgan fingerprint density at radius 1 is 1.16 bits per heavy atom. The molecule has 2 nitrogen and oxygen atoms in total. The maximum absolute atomic E-state index is 5.38. The van der Waals surface area contributed by atoms with Gasteiger partial charge in [-0.15, -0.1) is 0 Å². The van der Waals surface area contributed by atoms with E-state index in [-0.39, 0.29) is 0 Å². The van der Waals surface area contributed by atoms with Gasteiger partial charge in [-0.05, 0) is 42.6 Å². The van der Waals surface area contributed by atoms with Crippen LogP contribution in [0.15, 0.2) is 36.5 Å². The second-order valence-electron chi connectivity index (χ2n) is 4.55. The Kier molecular flexibility index (Phi) is 5.73. The zero-order valence-corrected chi connectivity index (χ0v) is 12.9. The number of hydrogen-bond acceptors (Lipinski definition) is 2. The van der Waals surface area contributed by atoms with Crippen LogP contribution in [0.25, 0.3) is 11.3 Å². The molecule has 1 aromatic carbocycles. The summed E-state index contributed by atoms with van der Waals surface area (Å²) in [6, 6.07) is 10.4. The van der Waals surface area contributed by atoms with Gasteiger partial charge in [0.1, 0.15) is 0 Å². The topological polar surface area (TPSA) is 20.7 Å². The van der Waals surface area contributed by atoms with Gasteiger partial charge < -0.3 is 9.55 Å². The van der Waals surface area contributed by atoms with Gasteiger partial charge >= 0.3 is 0 Å². The number of thioether (sulfide) groups is 1. The molecule has 0 amide bonds. The monoisotopic (exact) mass is 292 g/mol. The lowest BCUT2D eigenvalue weighted by Gasteiger charge is -2.08. The van der Waals surface area contributed by atoms with E-state index in [1.165, 1.54) is 36.3 Å². The molecule has 102 valence electrons. The molecule has 0 aliphatic heterocycles. The minimum atomic E-state index is 0.823. The Hall–Kier alpha value is -1.00. The predicted octanol–water partition coefficient (Wildman–Crippen LogP) is 4.75. The van der Waals surface area contributed by atoms with Gasteiger partial charge in [0, 0.05) is 12.7 Å². The lowest BCUT2D eigenvalue weighted by Crippen LogP contribution is -2.00. The second-order valence-corrected chi connectivity index (χ2v) is 5.92. The van der Waals surface area contributed by atoms with Crippen LogP contribution in [0.4, 0.5) is 0 Å². The molecule has 0 spiro atoms. The van der Waals surface area contributed by atoms with Crippen LogP contribution in [-0.2, 0) is 6.54 Å². The van der Waals surface area contributed by atoms with Crippen molar-refractivity contribution in [2.75, 3.05) is 12.0 Å². The summed E-state index contributed by atoms with van der Waals surface area (Å²) in [4.78, 5) is 3.16. The van der Waals surface area contributed by atoms with Crippen molar-refractivity contribution in [2.45, 2.75) is 25.8 Å². The number of H-pyrrole nitrogens is 1. The Labute approximate surface area is 124 Å². The molecule has 1 aromatic heterocycles. The minimum absolute atomic E-state index is 0.823. The van der Waals surface area contributed by atoms with Crippen LogP contribution in [-0.4, -0.2) is 21.6 Å². The fourth-order valence-corrected chi connectivity index (χ4v) is 2.90. The van der Waals surface area contributed by atoms with E-state index in [1.807, 2.05) is 24.0 Å². The van der Waals surface area contributed by atoms with Crippen LogP contribution in [0.5, 0.6) is 0 Å². The van der Waals surface area contributed by atoms with Crippen molar-refractivity contribution >= 4 is 24.0 Å². The third kappa shape index (κ3) is 3.98. The zero-order chi connectivity index (χ0) is 13.5. The lowest BCUT2D eigenvalue weighted by atomic mass is 10.1. The lowest BCUT2D eigenvalue weighted by molar-refractivity contribution is 0.603. The number of aromatic amines is 1. The molecule has 19 heavy (non-hydrogen) atoms. The number of hydrogen-bond donors (Lipinski definition) is 1. The van der Waals surface area contributed by atoms with E-state index in [0.717, 1.165) is 11.3 Å². The van der Waals surface area contributed by atoms with Crippen LogP contribution in [0, 0.1) is 4.77 Å². The van der Waals surface area contributed by atoms with E-state index in [4.69, 9.17) is 12.2 Å². The Bertz CT molecular complexity index is 543. The summed E-state index contributed by atoms with van der Waals surface area (Å²) in [6.45, 7) is 1.00. The molecule has 4 heteroatoms. The van der Waals surface area contributed by atoms with Crippen molar-refractivity contribution in [1.82, 2.24) is 9.55 Å². The largest absolute Gasteiger partial charge is 0.337 e. The molecule has 0 radical (unpaired) electrons. The first-order chi connectivity index (χ1) is 9.33. The summed E-state index contributed by atoms with van der Waals surface area (Å²) in [5, 5.41) is 0. The Balaban J connectivity index is 2.04. The zero-order valence-electron chi connectivity index (χ0n) is 11.3. The fraction of sp³-hybridized carbons (Fsp3) is 0.400. The SMILES string of the molecule is CSCCCCCn1c(-c2ccccc2)c[nH]c1=S.